The molecule has 3 unspecified atom stereocenters. The first kappa shape index (κ1) is 11.8. The molecule has 0 aromatic heterocycles. The van der Waals surface area contributed by atoms with Crippen molar-refractivity contribution in [1.29, 1.82) is 0 Å². The highest BCUT2D eigenvalue weighted by molar-refractivity contribution is 5.36. The van der Waals surface area contributed by atoms with Crippen molar-refractivity contribution >= 4 is 0 Å². The van der Waals surface area contributed by atoms with Gasteiger partial charge in [-0.05, 0) is 47.7 Å². The van der Waals surface area contributed by atoms with Crippen molar-refractivity contribution in [2.75, 3.05) is 0 Å². The zero-order chi connectivity index (χ0) is 11.9. The van der Waals surface area contributed by atoms with Crippen LogP contribution in [0.3, 0.4) is 0 Å². The Labute approximate surface area is 99.8 Å². The summed E-state index contributed by atoms with van der Waals surface area (Å²) in [5, 5.41) is 0. The van der Waals surface area contributed by atoms with E-state index < -0.39 is 0 Å². The van der Waals surface area contributed by atoms with E-state index in [0.29, 0.717) is 17.3 Å². The van der Waals surface area contributed by atoms with Crippen molar-refractivity contribution in [2.24, 2.45) is 28.9 Å². The molecule has 1 nitrogen and oxygen atoms in total. The minimum atomic E-state index is 0.417. The van der Waals surface area contributed by atoms with Crippen LogP contribution in [0.15, 0.2) is 23.4 Å². The Kier molecular flexibility index (Phi) is 2.90. The van der Waals surface area contributed by atoms with Gasteiger partial charge in [-0.1, -0.05) is 40.2 Å². The lowest BCUT2D eigenvalue weighted by atomic mass is 9.71. The zero-order valence-electron chi connectivity index (χ0n) is 11.1. The highest BCUT2D eigenvalue weighted by Crippen LogP contribution is 2.58. The maximum atomic E-state index is 6.18. The molecule has 0 radical (unpaired) electrons. The van der Waals surface area contributed by atoms with Crippen LogP contribution in [0.25, 0.3) is 0 Å². The summed E-state index contributed by atoms with van der Waals surface area (Å²) in [5.74, 6) is 2.16. The molecule has 2 rings (SSSR count). The third-order valence-electron chi connectivity index (χ3n) is 4.93. The lowest BCUT2D eigenvalue weighted by Gasteiger charge is -2.34. The number of fused-ring (bicyclic) bond motifs is 1. The summed E-state index contributed by atoms with van der Waals surface area (Å²) in [4.78, 5) is 0. The topological polar surface area (TPSA) is 26.0 Å². The van der Waals surface area contributed by atoms with E-state index in [1.807, 2.05) is 0 Å². The van der Waals surface area contributed by atoms with Crippen molar-refractivity contribution in [2.45, 2.75) is 47.0 Å². The maximum absolute atomic E-state index is 6.18. The van der Waals surface area contributed by atoms with Gasteiger partial charge in [0.25, 0.3) is 0 Å². The van der Waals surface area contributed by atoms with Crippen molar-refractivity contribution in [1.82, 2.24) is 0 Å². The quantitative estimate of drug-likeness (QED) is 0.749. The number of allylic oxidation sites excluding steroid dienone is 3. The van der Waals surface area contributed by atoms with E-state index in [-0.39, 0.29) is 0 Å². The normalized spacial score (nSPS) is 36.6. The minimum absolute atomic E-state index is 0.417. The molecule has 1 fully saturated rings. The SMILES string of the molecule is CCCC1C(C)C2=C(N)C=CCC2C1(C)C. The van der Waals surface area contributed by atoms with Gasteiger partial charge in [-0.25, -0.2) is 0 Å². The second-order valence-corrected chi connectivity index (χ2v) is 6.11. The van der Waals surface area contributed by atoms with Gasteiger partial charge in [0.1, 0.15) is 0 Å². The highest BCUT2D eigenvalue weighted by atomic mass is 14.6. The van der Waals surface area contributed by atoms with Gasteiger partial charge in [0.15, 0.2) is 0 Å². The van der Waals surface area contributed by atoms with Crippen LogP contribution in [-0.4, -0.2) is 0 Å². The van der Waals surface area contributed by atoms with Gasteiger partial charge in [0, 0.05) is 5.70 Å². The molecule has 1 heteroatoms. The first-order chi connectivity index (χ1) is 7.50. The predicted octanol–water partition coefficient (Wildman–Crippen LogP) is 3.87. The van der Waals surface area contributed by atoms with Crippen LogP contribution in [0.2, 0.25) is 0 Å². The summed E-state index contributed by atoms with van der Waals surface area (Å²) in [6.45, 7) is 9.55. The molecule has 0 amide bonds. The molecule has 2 aliphatic rings. The molecule has 0 aromatic rings. The summed E-state index contributed by atoms with van der Waals surface area (Å²) < 4.78 is 0. The van der Waals surface area contributed by atoms with Crippen LogP contribution in [0, 0.1) is 23.2 Å². The molecular formula is C15H25N. The van der Waals surface area contributed by atoms with Gasteiger partial charge in [0.2, 0.25) is 0 Å². The van der Waals surface area contributed by atoms with Crippen LogP contribution >= 0.6 is 0 Å². The van der Waals surface area contributed by atoms with Gasteiger partial charge in [-0.3, -0.25) is 0 Å². The third-order valence-corrected chi connectivity index (χ3v) is 4.93. The van der Waals surface area contributed by atoms with Crippen LogP contribution in [0.5, 0.6) is 0 Å². The molecule has 0 spiro atoms. The van der Waals surface area contributed by atoms with Gasteiger partial charge in [-0.15, -0.1) is 0 Å². The molecule has 0 aliphatic heterocycles. The molecule has 0 aromatic carbocycles. The molecule has 0 saturated heterocycles. The fourth-order valence-electron chi connectivity index (χ4n) is 4.09. The number of hydrogen-bond acceptors (Lipinski definition) is 1. The molecule has 16 heavy (non-hydrogen) atoms. The fraction of sp³-hybridized carbons (Fsp3) is 0.733. The highest BCUT2D eigenvalue weighted by Gasteiger charge is 2.50. The third kappa shape index (κ3) is 1.52. The lowest BCUT2D eigenvalue weighted by Crippen LogP contribution is -2.27. The molecule has 3 atom stereocenters. The number of hydrogen-bond donors (Lipinski definition) is 1. The number of nitrogens with two attached hydrogens (primary N) is 1. The summed E-state index contributed by atoms with van der Waals surface area (Å²) in [6, 6.07) is 0. The predicted molar refractivity (Wildman–Crippen MR) is 69.8 cm³/mol. The van der Waals surface area contributed by atoms with Crippen LogP contribution in [0.1, 0.15) is 47.0 Å². The minimum Gasteiger partial charge on any atom is -0.399 e. The van der Waals surface area contributed by atoms with Crippen molar-refractivity contribution in [3.8, 4) is 0 Å². The standard InChI is InChI=1S/C15H25N/c1-5-7-11-10(2)14-12(15(11,3)4)8-6-9-13(14)16/h6,9-12H,5,7-8,16H2,1-4H3. The summed E-state index contributed by atoms with van der Waals surface area (Å²) in [7, 11) is 0. The second-order valence-electron chi connectivity index (χ2n) is 6.11. The Hall–Kier alpha value is -0.720. The molecular weight excluding hydrogens is 194 g/mol. The Morgan fingerprint density at radius 1 is 1.44 bits per heavy atom. The largest absolute Gasteiger partial charge is 0.399 e. The molecule has 2 N–H and O–H groups in total. The maximum Gasteiger partial charge on any atom is 0.0308 e. The molecule has 90 valence electrons. The second kappa shape index (κ2) is 3.94. The van der Waals surface area contributed by atoms with E-state index in [9.17, 15) is 0 Å². The Morgan fingerprint density at radius 2 is 2.12 bits per heavy atom. The summed E-state index contributed by atoms with van der Waals surface area (Å²) >= 11 is 0. The van der Waals surface area contributed by atoms with Crippen molar-refractivity contribution < 1.29 is 0 Å². The van der Waals surface area contributed by atoms with Crippen LogP contribution in [-0.2, 0) is 0 Å². The molecule has 1 saturated carbocycles. The van der Waals surface area contributed by atoms with E-state index in [2.05, 4.69) is 39.8 Å². The average molecular weight is 219 g/mol. The fourth-order valence-corrected chi connectivity index (χ4v) is 4.09. The van der Waals surface area contributed by atoms with Crippen molar-refractivity contribution in [3.05, 3.63) is 23.4 Å². The van der Waals surface area contributed by atoms with E-state index in [0.717, 1.165) is 11.6 Å². The van der Waals surface area contributed by atoms with Crippen LogP contribution < -0.4 is 5.73 Å². The van der Waals surface area contributed by atoms with Gasteiger partial charge < -0.3 is 5.73 Å². The average Bonchev–Trinajstić information content (AvgIpc) is 2.41. The molecule has 0 heterocycles. The Balaban J connectivity index is 2.39. The summed E-state index contributed by atoms with van der Waals surface area (Å²) in [6.07, 6.45) is 8.18. The van der Waals surface area contributed by atoms with Crippen molar-refractivity contribution in [3.63, 3.8) is 0 Å². The lowest BCUT2D eigenvalue weighted by molar-refractivity contribution is 0.163. The molecule has 2 aliphatic carbocycles. The Bertz CT molecular complexity index is 335. The van der Waals surface area contributed by atoms with Gasteiger partial charge in [0.05, 0.1) is 0 Å². The van der Waals surface area contributed by atoms with E-state index >= 15 is 0 Å². The van der Waals surface area contributed by atoms with Gasteiger partial charge in [-0.2, -0.15) is 0 Å². The van der Waals surface area contributed by atoms with E-state index in [4.69, 9.17) is 5.73 Å². The summed E-state index contributed by atoms with van der Waals surface area (Å²) in [5.41, 5.74) is 9.20. The molecule has 0 bridgehead atoms. The van der Waals surface area contributed by atoms with E-state index in [1.54, 1.807) is 5.57 Å². The first-order valence-corrected chi connectivity index (χ1v) is 6.66. The Morgan fingerprint density at radius 3 is 2.69 bits per heavy atom. The zero-order valence-corrected chi connectivity index (χ0v) is 11.1. The monoisotopic (exact) mass is 219 g/mol. The number of rotatable bonds is 2. The first-order valence-electron chi connectivity index (χ1n) is 6.66. The smallest absolute Gasteiger partial charge is 0.0308 e. The van der Waals surface area contributed by atoms with E-state index in [1.165, 1.54) is 19.3 Å². The van der Waals surface area contributed by atoms with Crippen LogP contribution in [0.4, 0.5) is 0 Å². The van der Waals surface area contributed by atoms with Gasteiger partial charge >= 0.3 is 0 Å².